The van der Waals surface area contributed by atoms with Gasteiger partial charge in [-0.05, 0) is 12.5 Å². The molecule has 1 rings (SSSR count). The van der Waals surface area contributed by atoms with E-state index in [0.29, 0.717) is 0 Å². The molecular weight excluding hydrogens is 292 g/mol. The predicted molar refractivity (Wildman–Crippen MR) is 67.5 cm³/mol. The molecule has 0 aromatic heterocycles. The summed E-state index contributed by atoms with van der Waals surface area (Å²) in [5, 5.41) is 19.1. The van der Waals surface area contributed by atoms with E-state index in [1.165, 1.54) is 12.1 Å². The molecule has 0 bridgehead atoms. The monoisotopic (exact) mass is 304 g/mol. The number of nitro groups is 1. The van der Waals surface area contributed by atoms with Crippen molar-refractivity contribution in [3.63, 3.8) is 0 Å². The predicted octanol–water partition coefficient (Wildman–Crippen LogP) is 0.673. The summed E-state index contributed by atoms with van der Waals surface area (Å²) in [7, 11) is -4.24. The van der Waals surface area contributed by atoms with Crippen LogP contribution in [-0.2, 0) is 15.1 Å². The van der Waals surface area contributed by atoms with Crippen LogP contribution in [0.2, 0.25) is 0 Å². The Morgan fingerprint density at radius 1 is 1.40 bits per heavy atom. The lowest BCUT2D eigenvalue weighted by atomic mass is 10.3. The van der Waals surface area contributed by atoms with Crippen LogP contribution in [0.5, 0.6) is 5.75 Å². The van der Waals surface area contributed by atoms with E-state index in [1.54, 1.807) is 0 Å². The van der Waals surface area contributed by atoms with E-state index in [0.717, 1.165) is 12.1 Å². The number of nitrogens with zero attached hydrogens (tertiary/aromatic N) is 1. The first-order valence-corrected chi connectivity index (χ1v) is 6.87. The topological polar surface area (TPSA) is 136 Å². The van der Waals surface area contributed by atoms with Gasteiger partial charge in [-0.3, -0.25) is 14.9 Å². The quantitative estimate of drug-likeness (QED) is 0.409. The molecule has 0 atom stereocenters. The number of carbonyl (C=O) groups is 1. The first kappa shape index (κ1) is 15.9. The molecule has 20 heavy (non-hydrogen) atoms. The van der Waals surface area contributed by atoms with Crippen LogP contribution in [0, 0.1) is 10.1 Å². The van der Waals surface area contributed by atoms with Crippen molar-refractivity contribution in [2.75, 3.05) is 6.54 Å². The molecule has 2 N–H and O–H groups in total. The van der Waals surface area contributed by atoms with Crippen LogP contribution in [0.3, 0.4) is 0 Å². The molecule has 0 amide bonds. The third kappa shape index (κ3) is 5.20. The Bertz CT molecular complexity index is 599. The molecule has 0 spiro atoms. The maximum absolute atomic E-state index is 11.5. The second-order valence-corrected chi connectivity index (χ2v) is 5.02. The molecule has 0 radical (unpaired) electrons. The van der Waals surface area contributed by atoms with Crippen LogP contribution in [-0.4, -0.2) is 31.0 Å². The molecule has 1 aromatic carbocycles. The van der Waals surface area contributed by atoms with E-state index in [1.807, 2.05) is 4.72 Å². The van der Waals surface area contributed by atoms with E-state index in [2.05, 4.69) is 4.18 Å². The Morgan fingerprint density at radius 3 is 2.65 bits per heavy atom. The van der Waals surface area contributed by atoms with Crippen molar-refractivity contribution in [3.8, 4) is 5.75 Å². The fourth-order valence-electron chi connectivity index (χ4n) is 1.26. The van der Waals surface area contributed by atoms with Gasteiger partial charge in [-0.1, -0.05) is 12.1 Å². The minimum Gasteiger partial charge on any atom is -0.481 e. The lowest BCUT2D eigenvalue weighted by molar-refractivity contribution is -0.385. The zero-order valence-electron chi connectivity index (χ0n) is 10.2. The third-order valence-electron chi connectivity index (χ3n) is 2.11. The van der Waals surface area contributed by atoms with Gasteiger partial charge >= 0.3 is 22.0 Å². The van der Waals surface area contributed by atoms with Gasteiger partial charge in [-0.25, -0.2) is 0 Å². The van der Waals surface area contributed by atoms with Gasteiger partial charge in [0.25, 0.3) is 0 Å². The number of carboxylic acid groups (broad SMARTS) is 1. The van der Waals surface area contributed by atoms with Crippen LogP contribution in [0.4, 0.5) is 5.69 Å². The van der Waals surface area contributed by atoms with E-state index < -0.39 is 32.6 Å². The normalized spacial score (nSPS) is 11.0. The van der Waals surface area contributed by atoms with Gasteiger partial charge in [0.15, 0.2) is 0 Å². The molecule has 0 heterocycles. The van der Waals surface area contributed by atoms with E-state index >= 15 is 0 Å². The van der Waals surface area contributed by atoms with Crippen molar-refractivity contribution in [3.05, 3.63) is 34.4 Å². The van der Waals surface area contributed by atoms with Crippen molar-refractivity contribution in [2.24, 2.45) is 0 Å². The second-order valence-electron chi connectivity index (χ2n) is 3.65. The Balaban J connectivity index is 2.67. The van der Waals surface area contributed by atoms with Gasteiger partial charge in [-0.2, -0.15) is 13.1 Å². The maximum atomic E-state index is 11.5. The average Bonchev–Trinajstić information content (AvgIpc) is 2.34. The molecule has 0 aliphatic carbocycles. The first-order chi connectivity index (χ1) is 9.32. The summed E-state index contributed by atoms with van der Waals surface area (Å²) in [6.07, 6.45) is -0.122. The largest absolute Gasteiger partial charge is 0.481 e. The smallest absolute Gasteiger partial charge is 0.382 e. The number of para-hydroxylation sites is 2. The van der Waals surface area contributed by atoms with Crippen molar-refractivity contribution < 1.29 is 27.4 Å². The highest BCUT2D eigenvalue weighted by Gasteiger charge is 2.20. The number of hydrogen-bond acceptors (Lipinski definition) is 6. The molecule has 0 aliphatic heterocycles. The van der Waals surface area contributed by atoms with E-state index in [4.69, 9.17) is 5.11 Å². The second kappa shape index (κ2) is 6.82. The highest BCUT2D eigenvalue weighted by Crippen LogP contribution is 2.26. The zero-order valence-corrected chi connectivity index (χ0v) is 11.0. The van der Waals surface area contributed by atoms with E-state index in [9.17, 15) is 23.3 Å². The standard InChI is InChI=1S/C10H12N2O7S/c13-10(14)6-3-7-11-20(17,18)19-9-5-2-1-4-8(9)12(15)16/h1-2,4-5,11H,3,6-7H2,(H,13,14). The Kier molecular flexibility index (Phi) is 5.41. The minimum absolute atomic E-state index is 0.0782. The van der Waals surface area contributed by atoms with Crippen LogP contribution >= 0.6 is 0 Å². The van der Waals surface area contributed by atoms with Crippen LogP contribution in [0.15, 0.2) is 24.3 Å². The summed E-state index contributed by atoms with van der Waals surface area (Å²) in [6, 6.07) is 5.02. The first-order valence-electron chi connectivity index (χ1n) is 5.46. The molecule has 9 nitrogen and oxygen atoms in total. The van der Waals surface area contributed by atoms with Gasteiger partial charge in [0, 0.05) is 19.0 Å². The number of nitrogens with one attached hydrogen (secondary N) is 1. The number of rotatable bonds is 8. The van der Waals surface area contributed by atoms with Gasteiger partial charge in [0.2, 0.25) is 5.75 Å². The number of hydrogen-bond donors (Lipinski definition) is 2. The Labute approximate surface area is 114 Å². The number of benzene rings is 1. The molecule has 1 aromatic rings. The summed E-state index contributed by atoms with van der Waals surface area (Å²) < 4.78 is 29.6. The lowest BCUT2D eigenvalue weighted by Crippen LogP contribution is -2.29. The third-order valence-corrected chi connectivity index (χ3v) is 3.06. The van der Waals surface area contributed by atoms with Crippen molar-refractivity contribution >= 4 is 22.0 Å². The van der Waals surface area contributed by atoms with E-state index in [-0.39, 0.29) is 19.4 Å². The summed E-state index contributed by atoms with van der Waals surface area (Å²) in [4.78, 5) is 20.2. The number of nitro benzene ring substituents is 1. The Hall–Kier alpha value is -2.20. The van der Waals surface area contributed by atoms with Crippen LogP contribution < -0.4 is 8.91 Å². The summed E-state index contributed by atoms with van der Waals surface area (Å²) in [5.74, 6) is -1.47. The summed E-state index contributed by atoms with van der Waals surface area (Å²) >= 11 is 0. The fraction of sp³-hybridized carbons (Fsp3) is 0.300. The van der Waals surface area contributed by atoms with Gasteiger partial charge in [-0.15, -0.1) is 0 Å². The summed E-state index contributed by atoms with van der Waals surface area (Å²) in [6.45, 7) is -0.144. The molecule has 0 aliphatic rings. The minimum atomic E-state index is -4.24. The van der Waals surface area contributed by atoms with Crippen molar-refractivity contribution in [1.82, 2.24) is 4.72 Å². The van der Waals surface area contributed by atoms with Crippen molar-refractivity contribution in [2.45, 2.75) is 12.8 Å². The molecule has 0 saturated carbocycles. The fourth-order valence-corrected chi connectivity index (χ4v) is 2.09. The average molecular weight is 304 g/mol. The highest BCUT2D eigenvalue weighted by atomic mass is 32.2. The van der Waals surface area contributed by atoms with Gasteiger partial charge in [0.05, 0.1) is 4.92 Å². The van der Waals surface area contributed by atoms with Crippen LogP contribution in [0.25, 0.3) is 0 Å². The zero-order chi connectivity index (χ0) is 15.2. The molecular formula is C10H12N2O7S. The molecule has 0 saturated heterocycles. The van der Waals surface area contributed by atoms with Gasteiger partial charge in [0.1, 0.15) is 0 Å². The number of carboxylic acids is 1. The maximum Gasteiger partial charge on any atom is 0.382 e. The van der Waals surface area contributed by atoms with Crippen molar-refractivity contribution in [1.29, 1.82) is 0 Å². The van der Waals surface area contributed by atoms with Gasteiger partial charge < -0.3 is 9.29 Å². The Morgan fingerprint density at radius 2 is 2.05 bits per heavy atom. The summed E-state index contributed by atoms with van der Waals surface area (Å²) in [5.41, 5.74) is -0.483. The number of aliphatic carboxylic acids is 1. The van der Waals surface area contributed by atoms with Crippen LogP contribution in [0.1, 0.15) is 12.8 Å². The lowest BCUT2D eigenvalue weighted by Gasteiger charge is -2.07. The molecule has 110 valence electrons. The SMILES string of the molecule is O=C(O)CCCNS(=O)(=O)Oc1ccccc1[N+](=O)[O-]. The molecule has 0 fully saturated rings. The molecule has 0 unspecified atom stereocenters. The molecule has 10 heteroatoms. The highest BCUT2D eigenvalue weighted by molar-refractivity contribution is 7.85.